The molecule has 0 unspecified atom stereocenters. The van der Waals surface area contributed by atoms with Gasteiger partial charge in [-0.1, -0.05) is 20.8 Å². The van der Waals surface area contributed by atoms with Crippen molar-refractivity contribution >= 4 is 28.6 Å². The van der Waals surface area contributed by atoms with Gasteiger partial charge < -0.3 is 24.4 Å². The average Bonchev–Trinajstić information content (AvgIpc) is 3.22. The number of morpholine rings is 1. The Morgan fingerprint density at radius 1 is 1.17 bits per heavy atom. The van der Waals surface area contributed by atoms with Crippen LogP contribution in [0.5, 0.6) is 11.5 Å². The molecule has 1 aromatic heterocycles. The van der Waals surface area contributed by atoms with Gasteiger partial charge in [-0.3, -0.25) is 4.79 Å². The van der Waals surface area contributed by atoms with Gasteiger partial charge in [-0.05, 0) is 13.8 Å². The summed E-state index contributed by atoms with van der Waals surface area (Å²) in [4.78, 5) is 20.1. The number of benzene rings is 1. The van der Waals surface area contributed by atoms with E-state index in [2.05, 4.69) is 36.0 Å². The predicted octanol–water partition coefficient (Wildman–Crippen LogP) is 4.33. The van der Waals surface area contributed by atoms with Gasteiger partial charge in [0, 0.05) is 30.6 Å². The molecule has 1 saturated heterocycles. The molecule has 0 aliphatic carbocycles. The largest absolute Gasteiger partial charge is 0.492 e. The number of carbonyl (C=O) groups is 1. The maximum absolute atomic E-state index is 12.9. The Morgan fingerprint density at radius 2 is 1.83 bits per heavy atom. The van der Waals surface area contributed by atoms with Crippen molar-refractivity contribution in [1.29, 1.82) is 0 Å². The third-order valence-corrected chi connectivity index (χ3v) is 6.05. The number of rotatable bonds is 7. The number of thiazole rings is 1. The van der Waals surface area contributed by atoms with E-state index in [1.807, 2.05) is 26.0 Å². The molecule has 0 atom stereocenters. The maximum atomic E-state index is 12.9. The smallest absolute Gasteiger partial charge is 0.267 e. The van der Waals surface area contributed by atoms with Crippen LogP contribution in [0.2, 0.25) is 0 Å². The molecule has 1 aliphatic heterocycles. The molecule has 30 heavy (non-hydrogen) atoms. The van der Waals surface area contributed by atoms with Gasteiger partial charge in [0.2, 0.25) is 0 Å². The van der Waals surface area contributed by atoms with Crippen LogP contribution in [0, 0.1) is 0 Å². The normalized spacial score (nSPS) is 14.5. The molecule has 1 N–H and O–H groups in total. The van der Waals surface area contributed by atoms with Gasteiger partial charge in [-0.15, -0.1) is 11.3 Å². The summed E-state index contributed by atoms with van der Waals surface area (Å²) in [6.45, 7) is 14.1. The van der Waals surface area contributed by atoms with E-state index in [9.17, 15) is 4.79 Å². The van der Waals surface area contributed by atoms with Crippen LogP contribution in [-0.4, -0.2) is 50.4 Å². The van der Waals surface area contributed by atoms with Gasteiger partial charge in [0.05, 0.1) is 49.0 Å². The summed E-state index contributed by atoms with van der Waals surface area (Å²) in [6, 6.07) is 3.80. The summed E-state index contributed by atoms with van der Waals surface area (Å²) >= 11 is 1.41. The van der Waals surface area contributed by atoms with Gasteiger partial charge in [0.1, 0.15) is 16.4 Å². The second-order valence-electron chi connectivity index (χ2n) is 8.02. The minimum Gasteiger partial charge on any atom is -0.492 e. The second-order valence-corrected chi connectivity index (χ2v) is 9.05. The molecule has 0 radical (unpaired) electrons. The lowest BCUT2D eigenvalue weighted by atomic mass is 9.98. The van der Waals surface area contributed by atoms with E-state index in [0.717, 1.165) is 29.5 Å². The van der Waals surface area contributed by atoms with Crippen molar-refractivity contribution in [2.75, 3.05) is 49.7 Å². The molecule has 1 fully saturated rings. The van der Waals surface area contributed by atoms with E-state index in [1.165, 1.54) is 11.3 Å². The SMILES string of the molecule is CCOc1cc(N2CCOCC2)c(OCC)cc1NC(=O)c1cnc(C(C)(C)C)s1. The molecule has 0 bridgehead atoms. The lowest BCUT2D eigenvalue weighted by Crippen LogP contribution is -2.36. The third-order valence-electron chi connectivity index (χ3n) is 4.63. The molecule has 2 heterocycles. The summed E-state index contributed by atoms with van der Waals surface area (Å²) < 4.78 is 17.2. The molecule has 0 saturated carbocycles. The number of amides is 1. The number of nitrogens with zero attached hydrogens (tertiary/aromatic N) is 2. The van der Waals surface area contributed by atoms with Crippen molar-refractivity contribution in [2.45, 2.75) is 40.0 Å². The summed E-state index contributed by atoms with van der Waals surface area (Å²) in [5, 5.41) is 3.91. The van der Waals surface area contributed by atoms with Gasteiger partial charge in [0.25, 0.3) is 5.91 Å². The minimum atomic E-state index is -0.203. The Hall–Kier alpha value is -2.32. The summed E-state index contributed by atoms with van der Waals surface area (Å²) in [5.41, 5.74) is 1.45. The molecular formula is C22H31N3O4S. The number of ether oxygens (including phenoxy) is 3. The highest BCUT2D eigenvalue weighted by atomic mass is 32.1. The Kier molecular flexibility index (Phi) is 7.20. The van der Waals surface area contributed by atoms with E-state index in [0.29, 0.717) is 42.7 Å². The number of aromatic nitrogens is 1. The average molecular weight is 434 g/mol. The fourth-order valence-corrected chi connectivity index (χ4v) is 4.02. The Morgan fingerprint density at radius 3 is 2.43 bits per heavy atom. The predicted molar refractivity (Wildman–Crippen MR) is 121 cm³/mol. The third kappa shape index (κ3) is 5.23. The van der Waals surface area contributed by atoms with Gasteiger partial charge in [-0.2, -0.15) is 0 Å². The molecule has 1 aromatic carbocycles. The van der Waals surface area contributed by atoms with Gasteiger partial charge in [-0.25, -0.2) is 4.98 Å². The first-order chi connectivity index (χ1) is 14.3. The summed E-state index contributed by atoms with van der Waals surface area (Å²) in [5.74, 6) is 1.14. The van der Waals surface area contributed by atoms with E-state index < -0.39 is 0 Å². The van der Waals surface area contributed by atoms with Crippen LogP contribution in [0.15, 0.2) is 18.3 Å². The van der Waals surface area contributed by atoms with Crippen molar-refractivity contribution in [3.05, 3.63) is 28.2 Å². The highest BCUT2D eigenvalue weighted by Gasteiger charge is 2.23. The van der Waals surface area contributed by atoms with E-state index in [-0.39, 0.29) is 11.3 Å². The zero-order valence-electron chi connectivity index (χ0n) is 18.4. The second kappa shape index (κ2) is 9.66. The van der Waals surface area contributed by atoms with Gasteiger partial charge >= 0.3 is 0 Å². The zero-order chi connectivity index (χ0) is 21.7. The van der Waals surface area contributed by atoms with Crippen molar-refractivity contribution in [3.63, 3.8) is 0 Å². The van der Waals surface area contributed by atoms with Gasteiger partial charge in [0.15, 0.2) is 0 Å². The van der Waals surface area contributed by atoms with Crippen LogP contribution < -0.4 is 19.7 Å². The first kappa shape index (κ1) is 22.4. The first-order valence-electron chi connectivity index (χ1n) is 10.4. The lowest BCUT2D eigenvalue weighted by molar-refractivity contribution is 0.103. The van der Waals surface area contributed by atoms with Crippen LogP contribution in [0.3, 0.4) is 0 Å². The minimum absolute atomic E-state index is 0.0956. The maximum Gasteiger partial charge on any atom is 0.267 e. The first-order valence-corrected chi connectivity index (χ1v) is 11.2. The molecule has 8 heteroatoms. The van der Waals surface area contributed by atoms with Crippen molar-refractivity contribution in [1.82, 2.24) is 4.98 Å². The molecule has 1 amide bonds. The Balaban J connectivity index is 1.91. The summed E-state index contributed by atoms with van der Waals surface area (Å²) in [6.07, 6.45) is 1.63. The molecular weight excluding hydrogens is 402 g/mol. The fourth-order valence-electron chi connectivity index (χ4n) is 3.15. The number of carbonyl (C=O) groups excluding carboxylic acids is 1. The molecule has 0 spiro atoms. The van der Waals surface area contributed by atoms with Crippen LogP contribution in [-0.2, 0) is 10.2 Å². The quantitative estimate of drug-likeness (QED) is 0.701. The topological polar surface area (TPSA) is 72.9 Å². The molecule has 164 valence electrons. The van der Waals surface area contributed by atoms with Crippen molar-refractivity contribution in [2.24, 2.45) is 0 Å². The highest BCUT2D eigenvalue weighted by Crippen LogP contribution is 2.39. The molecule has 1 aliphatic rings. The Bertz CT molecular complexity index is 870. The number of anilines is 2. The Labute approximate surface area is 182 Å². The van der Waals surface area contributed by atoms with Crippen molar-refractivity contribution < 1.29 is 19.0 Å². The van der Waals surface area contributed by atoms with Crippen LogP contribution in [0.4, 0.5) is 11.4 Å². The number of hydrogen-bond acceptors (Lipinski definition) is 7. The summed E-state index contributed by atoms with van der Waals surface area (Å²) in [7, 11) is 0. The zero-order valence-corrected chi connectivity index (χ0v) is 19.2. The van der Waals surface area contributed by atoms with Crippen LogP contribution in [0.25, 0.3) is 0 Å². The molecule has 2 aromatic rings. The molecule has 3 rings (SSSR count). The van der Waals surface area contributed by atoms with E-state index >= 15 is 0 Å². The van der Waals surface area contributed by atoms with Crippen LogP contribution in [0.1, 0.15) is 49.3 Å². The van der Waals surface area contributed by atoms with E-state index in [4.69, 9.17) is 14.2 Å². The number of nitrogens with one attached hydrogen (secondary N) is 1. The highest BCUT2D eigenvalue weighted by molar-refractivity contribution is 7.13. The standard InChI is InChI=1S/C22H31N3O4S/c1-6-28-17-13-16(25-8-10-27-11-9-25)18(29-7-2)12-15(17)24-20(26)19-14-23-21(30-19)22(3,4)5/h12-14H,6-11H2,1-5H3,(H,24,26). The van der Waals surface area contributed by atoms with Crippen LogP contribution >= 0.6 is 11.3 Å². The number of hydrogen-bond donors (Lipinski definition) is 1. The van der Waals surface area contributed by atoms with Crippen molar-refractivity contribution in [3.8, 4) is 11.5 Å². The fraction of sp³-hybridized carbons (Fsp3) is 0.545. The lowest BCUT2D eigenvalue weighted by Gasteiger charge is -2.31. The van der Waals surface area contributed by atoms with E-state index in [1.54, 1.807) is 6.20 Å². The molecule has 7 nitrogen and oxygen atoms in total. The monoisotopic (exact) mass is 433 g/mol.